The van der Waals surface area contributed by atoms with E-state index in [0.717, 1.165) is 63.2 Å². The molecule has 0 N–H and O–H groups in total. The lowest BCUT2D eigenvalue weighted by Gasteiger charge is -2.31. The van der Waals surface area contributed by atoms with E-state index >= 15 is 0 Å². The molecule has 0 amide bonds. The fourth-order valence-electron chi connectivity index (χ4n) is 4.29. The van der Waals surface area contributed by atoms with Crippen LogP contribution in [-0.4, -0.2) is 27.6 Å². The molecule has 0 aliphatic carbocycles. The number of hydrogen-bond donors (Lipinski definition) is 0. The quantitative estimate of drug-likeness (QED) is 0.367. The second-order valence-electron chi connectivity index (χ2n) is 8.65. The summed E-state index contributed by atoms with van der Waals surface area (Å²) in [5.74, 6) is 2.57. The summed E-state index contributed by atoms with van der Waals surface area (Å²) in [6.45, 7) is 18.8. The minimum Gasteiger partial charge on any atom is -0.356 e. The average molecular weight is 532 g/mol. The van der Waals surface area contributed by atoms with E-state index in [1.54, 1.807) is 0 Å². The lowest BCUT2D eigenvalue weighted by molar-refractivity contribution is 0.474. The second kappa shape index (κ2) is 8.27. The van der Waals surface area contributed by atoms with Gasteiger partial charge in [0.15, 0.2) is 5.65 Å². The van der Waals surface area contributed by atoms with Gasteiger partial charge in [-0.3, -0.25) is 4.57 Å². The molecule has 1 aliphatic rings. The summed E-state index contributed by atoms with van der Waals surface area (Å²) in [5.41, 5.74) is 5.74. The lowest BCUT2D eigenvalue weighted by atomic mass is 9.99. The van der Waals surface area contributed by atoms with Crippen LogP contribution in [0.3, 0.4) is 0 Å². The van der Waals surface area contributed by atoms with Crippen molar-refractivity contribution < 1.29 is 0 Å². The first kappa shape index (κ1) is 21.8. The Morgan fingerprint density at radius 2 is 1.63 bits per heavy atom. The largest absolute Gasteiger partial charge is 0.356 e. The molecular formula is C24H28Br2N4. The third-order valence-corrected chi connectivity index (χ3v) is 7.43. The number of benzene rings is 1. The molecule has 3 aromatic rings. The smallest absolute Gasteiger partial charge is 0.150 e. The van der Waals surface area contributed by atoms with Gasteiger partial charge in [0.1, 0.15) is 11.6 Å². The van der Waals surface area contributed by atoms with Crippen LogP contribution >= 0.6 is 31.9 Å². The van der Waals surface area contributed by atoms with E-state index in [2.05, 4.69) is 81.2 Å². The standard InChI is InChI=1S/C24H28Br2N4/c1-13(2)18-11-19(25)22(20(26)12-18)30-16(5)15(4)21-23(27-17(6)28-24(21)30)29-9-7-14(3)8-10-29/h3,11-14H,7-10H2,1-2,4-6H3. The summed E-state index contributed by atoms with van der Waals surface area (Å²) in [6.07, 6.45) is 1.99. The second-order valence-corrected chi connectivity index (χ2v) is 10.4. The molecule has 1 aliphatic heterocycles. The van der Waals surface area contributed by atoms with Gasteiger partial charge in [0.05, 0.1) is 11.1 Å². The zero-order valence-corrected chi connectivity index (χ0v) is 21.4. The van der Waals surface area contributed by atoms with E-state index < -0.39 is 0 Å². The number of halogens is 2. The molecule has 1 aromatic carbocycles. The lowest BCUT2D eigenvalue weighted by Crippen LogP contribution is -2.33. The SMILES string of the molecule is [CH]C1CCN(c2nc(C)nc3c2c(C)c(C)n3-c2c(Br)cc(C(C)C)cc2Br)CC1. The number of piperidine rings is 1. The number of hydrogen-bond acceptors (Lipinski definition) is 3. The number of aryl methyl sites for hydroxylation is 2. The van der Waals surface area contributed by atoms with Crippen LogP contribution in [0.5, 0.6) is 0 Å². The number of rotatable bonds is 3. The minimum atomic E-state index is 0.290. The molecule has 158 valence electrons. The van der Waals surface area contributed by atoms with Crippen molar-refractivity contribution in [3.05, 3.63) is 50.6 Å². The maximum Gasteiger partial charge on any atom is 0.150 e. The highest BCUT2D eigenvalue weighted by atomic mass is 79.9. The van der Waals surface area contributed by atoms with Crippen LogP contribution in [0.25, 0.3) is 16.7 Å². The van der Waals surface area contributed by atoms with Gasteiger partial charge in [-0.05, 0) is 107 Å². The molecule has 0 bridgehead atoms. The van der Waals surface area contributed by atoms with E-state index in [1.807, 2.05) is 6.92 Å². The van der Waals surface area contributed by atoms with Crippen molar-refractivity contribution in [2.75, 3.05) is 18.0 Å². The van der Waals surface area contributed by atoms with Crippen molar-refractivity contribution in [1.82, 2.24) is 14.5 Å². The molecule has 3 heterocycles. The van der Waals surface area contributed by atoms with Crippen LogP contribution in [0.4, 0.5) is 5.82 Å². The molecule has 0 atom stereocenters. The number of anilines is 1. The molecule has 30 heavy (non-hydrogen) atoms. The normalized spacial score (nSPS) is 15.6. The average Bonchev–Trinajstić information content (AvgIpc) is 2.92. The van der Waals surface area contributed by atoms with Gasteiger partial charge in [0.2, 0.25) is 0 Å². The number of nitrogens with zero attached hydrogens (tertiary/aromatic N) is 4. The monoisotopic (exact) mass is 530 g/mol. The van der Waals surface area contributed by atoms with Crippen LogP contribution in [0.2, 0.25) is 0 Å². The van der Waals surface area contributed by atoms with E-state index in [9.17, 15) is 0 Å². The highest BCUT2D eigenvalue weighted by molar-refractivity contribution is 9.11. The van der Waals surface area contributed by atoms with Gasteiger partial charge >= 0.3 is 0 Å². The maximum atomic E-state index is 6.14. The first-order valence-corrected chi connectivity index (χ1v) is 12.1. The van der Waals surface area contributed by atoms with E-state index in [1.165, 1.54) is 16.8 Å². The van der Waals surface area contributed by atoms with Gasteiger partial charge < -0.3 is 4.90 Å². The topological polar surface area (TPSA) is 34.0 Å². The predicted molar refractivity (Wildman–Crippen MR) is 132 cm³/mol. The Hall–Kier alpha value is -1.40. The predicted octanol–water partition coefficient (Wildman–Crippen LogP) is 6.92. The highest BCUT2D eigenvalue weighted by Gasteiger charge is 2.26. The van der Waals surface area contributed by atoms with Crippen LogP contribution in [0.15, 0.2) is 21.1 Å². The molecular weight excluding hydrogens is 504 g/mol. The first-order chi connectivity index (χ1) is 14.2. The maximum absolute atomic E-state index is 6.14. The van der Waals surface area contributed by atoms with Crippen LogP contribution in [0.1, 0.15) is 55.3 Å². The third-order valence-electron chi connectivity index (χ3n) is 6.22. The Kier molecular flexibility index (Phi) is 6.01. The Balaban J connectivity index is 1.97. The summed E-state index contributed by atoms with van der Waals surface area (Å²) in [4.78, 5) is 12.2. The molecule has 4 nitrogen and oxygen atoms in total. The molecule has 6 heteroatoms. The summed E-state index contributed by atoms with van der Waals surface area (Å²) < 4.78 is 4.38. The van der Waals surface area contributed by atoms with E-state index in [0.29, 0.717) is 11.8 Å². The van der Waals surface area contributed by atoms with Gasteiger partial charge in [-0.25, -0.2) is 9.97 Å². The Bertz CT molecular complexity index is 1090. The van der Waals surface area contributed by atoms with Crippen molar-refractivity contribution in [3.63, 3.8) is 0 Å². The van der Waals surface area contributed by atoms with Gasteiger partial charge in [0.25, 0.3) is 0 Å². The molecule has 0 saturated carbocycles. The summed E-state index contributed by atoms with van der Waals surface area (Å²) in [7, 11) is 0. The molecule has 0 unspecified atom stereocenters. The van der Waals surface area contributed by atoms with Crippen molar-refractivity contribution in [3.8, 4) is 5.69 Å². The molecule has 4 rings (SSSR count). The zero-order chi connectivity index (χ0) is 21.7. The zero-order valence-electron chi connectivity index (χ0n) is 18.3. The van der Waals surface area contributed by atoms with Gasteiger partial charge in [0, 0.05) is 27.7 Å². The summed E-state index contributed by atoms with van der Waals surface area (Å²) in [5, 5.41) is 1.14. The summed E-state index contributed by atoms with van der Waals surface area (Å²) >= 11 is 7.67. The van der Waals surface area contributed by atoms with Crippen molar-refractivity contribution in [1.29, 1.82) is 0 Å². The van der Waals surface area contributed by atoms with Gasteiger partial charge in [-0.2, -0.15) is 0 Å². The molecule has 2 radical (unpaired) electrons. The van der Waals surface area contributed by atoms with Crippen molar-refractivity contribution in [2.45, 2.75) is 53.4 Å². The fourth-order valence-corrected chi connectivity index (χ4v) is 5.87. The molecule has 1 fully saturated rings. The van der Waals surface area contributed by atoms with Crippen LogP contribution < -0.4 is 4.90 Å². The number of aromatic nitrogens is 3. The Morgan fingerprint density at radius 1 is 1.03 bits per heavy atom. The van der Waals surface area contributed by atoms with E-state index in [-0.39, 0.29) is 0 Å². The molecule has 1 saturated heterocycles. The summed E-state index contributed by atoms with van der Waals surface area (Å²) in [6, 6.07) is 4.43. The first-order valence-electron chi connectivity index (χ1n) is 10.5. The van der Waals surface area contributed by atoms with Crippen LogP contribution in [0, 0.1) is 33.6 Å². The molecule has 2 aromatic heterocycles. The van der Waals surface area contributed by atoms with Crippen molar-refractivity contribution >= 4 is 48.7 Å². The molecule has 0 spiro atoms. The number of fused-ring (bicyclic) bond motifs is 1. The van der Waals surface area contributed by atoms with Gasteiger partial charge in [-0.1, -0.05) is 13.8 Å². The minimum absolute atomic E-state index is 0.290. The fraction of sp³-hybridized carbons (Fsp3) is 0.458. The Labute approximate surface area is 196 Å². The third kappa shape index (κ3) is 3.70. The van der Waals surface area contributed by atoms with Crippen LogP contribution in [-0.2, 0) is 0 Å². The van der Waals surface area contributed by atoms with Gasteiger partial charge in [-0.15, -0.1) is 0 Å². The Morgan fingerprint density at radius 3 is 2.20 bits per heavy atom. The van der Waals surface area contributed by atoms with E-state index in [4.69, 9.17) is 16.9 Å². The van der Waals surface area contributed by atoms with Crippen molar-refractivity contribution in [2.24, 2.45) is 5.92 Å². The highest BCUT2D eigenvalue weighted by Crippen LogP contribution is 2.40.